The van der Waals surface area contributed by atoms with Gasteiger partial charge in [0.25, 0.3) is 5.60 Å². The Labute approximate surface area is 201 Å². The maximum absolute atomic E-state index is 14.4. The Morgan fingerprint density at radius 1 is 0.714 bits per heavy atom. The third-order valence-electron chi connectivity index (χ3n) is 6.08. The van der Waals surface area contributed by atoms with E-state index >= 15 is 0 Å². The number of methoxy groups -OCH3 is 2. The minimum atomic E-state index is -5.20. The van der Waals surface area contributed by atoms with Crippen LogP contribution >= 0.6 is 0 Å². The van der Waals surface area contributed by atoms with E-state index in [0.29, 0.717) is 11.1 Å². The van der Waals surface area contributed by atoms with E-state index < -0.39 is 40.8 Å². The zero-order valence-electron chi connectivity index (χ0n) is 19.4. The maximum Gasteiger partial charge on any atom is 0.432 e. The van der Waals surface area contributed by atoms with Crippen molar-refractivity contribution in [3.63, 3.8) is 0 Å². The summed E-state index contributed by atoms with van der Waals surface area (Å²) in [5.74, 6) is -2.80. The standard InChI is InChI=1S/C27H25F3O5/c1-25(19-13-7-4-8-14-19,20-15-9-5-10-16-20)22(23(31)33-2)35-24(32)26(34-3,27(28,29)30)21-17-11-6-12-18-21/h4-18,22H,1-3H3/t22-,26-/m0/s1. The summed E-state index contributed by atoms with van der Waals surface area (Å²) < 4.78 is 58.5. The lowest BCUT2D eigenvalue weighted by molar-refractivity contribution is -0.279. The fourth-order valence-corrected chi connectivity index (χ4v) is 4.12. The van der Waals surface area contributed by atoms with Crippen molar-refractivity contribution in [1.29, 1.82) is 0 Å². The van der Waals surface area contributed by atoms with Crippen LogP contribution in [-0.2, 0) is 34.8 Å². The molecule has 0 saturated carbocycles. The van der Waals surface area contributed by atoms with Crippen LogP contribution in [0.4, 0.5) is 13.2 Å². The zero-order valence-corrected chi connectivity index (χ0v) is 19.4. The van der Waals surface area contributed by atoms with Crippen molar-refractivity contribution in [2.75, 3.05) is 14.2 Å². The van der Waals surface area contributed by atoms with Crippen LogP contribution in [0.15, 0.2) is 91.0 Å². The van der Waals surface area contributed by atoms with Gasteiger partial charge in [0, 0.05) is 12.7 Å². The number of carbonyl (C=O) groups excluding carboxylic acids is 2. The molecule has 0 aromatic heterocycles. The Morgan fingerprint density at radius 2 is 1.11 bits per heavy atom. The average Bonchev–Trinajstić information content (AvgIpc) is 2.88. The minimum Gasteiger partial charge on any atom is -0.466 e. The van der Waals surface area contributed by atoms with Crippen molar-refractivity contribution in [1.82, 2.24) is 0 Å². The number of halogens is 3. The van der Waals surface area contributed by atoms with E-state index in [4.69, 9.17) is 14.2 Å². The third-order valence-corrected chi connectivity index (χ3v) is 6.08. The number of alkyl halides is 3. The Bertz CT molecular complexity index is 1090. The number of esters is 2. The Hall–Kier alpha value is -3.65. The zero-order chi connectivity index (χ0) is 25.7. The smallest absolute Gasteiger partial charge is 0.432 e. The van der Waals surface area contributed by atoms with Gasteiger partial charge in [-0.1, -0.05) is 91.0 Å². The Balaban J connectivity index is 2.21. The summed E-state index contributed by atoms with van der Waals surface area (Å²) in [6.45, 7) is 1.61. The van der Waals surface area contributed by atoms with E-state index in [2.05, 4.69) is 0 Å². The molecule has 2 atom stereocenters. The SMILES string of the molecule is COC(=O)[C@H](OC(=O)[C@@](OC)(c1ccccc1)C(F)(F)F)C(C)(c1ccccc1)c1ccccc1. The number of rotatable bonds is 8. The molecule has 35 heavy (non-hydrogen) atoms. The highest BCUT2D eigenvalue weighted by Crippen LogP contribution is 2.45. The number of hydrogen-bond acceptors (Lipinski definition) is 5. The van der Waals surface area contributed by atoms with Gasteiger partial charge >= 0.3 is 18.1 Å². The van der Waals surface area contributed by atoms with Crippen molar-refractivity contribution in [2.45, 2.75) is 30.2 Å². The molecule has 0 saturated heterocycles. The molecule has 5 nitrogen and oxygen atoms in total. The number of carbonyl (C=O) groups is 2. The van der Waals surface area contributed by atoms with Gasteiger partial charge in [0.15, 0.2) is 0 Å². The summed E-state index contributed by atoms with van der Waals surface area (Å²) in [4.78, 5) is 26.4. The molecule has 0 amide bonds. The second kappa shape index (κ2) is 10.3. The molecule has 3 aromatic carbocycles. The van der Waals surface area contributed by atoms with E-state index in [9.17, 15) is 22.8 Å². The molecular formula is C27H25F3O5. The highest BCUT2D eigenvalue weighted by Gasteiger charge is 2.65. The summed E-state index contributed by atoms with van der Waals surface area (Å²) in [5, 5.41) is 0. The van der Waals surface area contributed by atoms with Gasteiger partial charge in [-0.2, -0.15) is 13.2 Å². The van der Waals surface area contributed by atoms with Crippen LogP contribution in [0.1, 0.15) is 23.6 Å². The van der Waals surface area contributed by atoms with Crippen molar-refractivity contribution in [3.05, 3.63) is 108 Å². The monoisotopic (exact) mass is 486 g/mol. The molecule has 0 N–H and O–H groups in total. The van der Waals surface area contributed by atoms with E-state index in [-0.39, 0.29) is 0 Å². The number of ether oxygens (including phenoxy) is 3. The summed E-state index contributed by atoms with van der Waals surface area (Å²) in [6, 6.07) is 23.6. The van der Waals surface area contributed by atoms with Crippen LogP contribution < -0.4 is 0 Å². The topological polar surface area (TPSA) is 61.8 Å². The third kappa shape index (κ3) is 4.66. The van der Waals surface area contributed by atoms with Crippen molar-refractivity contribution < 1.29 is 37.0 Å². The molecule has 0 aliphatic carbocycles. The molecule has 184 valence electrons. The van der Waals surface area contributed by atoms with Crippen molar-refractivity contribution in [2.24, 2.45) is 0 Å². The van der Waals surface area contributed by atoms with E-state index in [1.54, 1.807) is 67.6 Å². The first kappa shape index (κ1) is 26.0. The molecule has 0 heterocycles. The van der Waals surface area contributed by atoms with E-state index in [0.717, 1.165) is 26.4 Å². The van der Waals surface area contributed by atoms with Gasteiger partial charge in [-0.3, -0.25) is 0 Å². The molecular weight excluding hydrogens is 461 g/mol. The van der Waals surface area contributed by atoms with Crippen LogP contribution in [0.25, 0.3) is 0 Å². The molecule has 0 radical (unpaired) electrons. The Kier molecular flexibility index (Phi) is 7.65. The molecule has 0 spiro atoms. The molecule has 0 aliphatic heterocycles. The number of hydrogen-bond donors (Lipinski definition) is 0. The second-order valence-electron chi connectivity index (χ2n) is 7.99. The van der Waals surface area contributed by atoms with Gasteiger partial charge in [0.1, 0.15) is 0 Å². The highest BCUT2D eigenvalue weighted by molar-refractivity contribution is 5.87. The van der Waals surface area contributed by atoms with Gasteiger partial charge < -0.3 is 14.2 Å². The summed E-state index contributed by atoms with van der Waals surface area (Å²) >= 11 is 0. The first-order valence-corrected chi connectivity index (χ1v) is 10.7. The fourth-order valence-electron chi connectivity index (χ4n) is 4.12. The van der Waals surface area contributed by atoms with Gasteiger partial charge in [0.05, 0.1) is 12.5 Å². The van der Waals surface area contributed by atoms with Gasteiger partial charge in [0.2, 0.25) is 6.10 Å². The number of benzene rings is 3. The molecule has 3 rings (SSSR count). The molecule has 0 aliphatic rings. The predicted octanol–water partition coefficient (Wildman–Crippen LogP) is 5.18. The van der Waals surface area contributed by atoms with Crippen LogP contribution in [0.2, 0.25) is 0 Å². The first-order chi connectivity index (χ1) is 16.6. The first-order valence-electron chi connectivity index (χ1n) is 10.7. The van der Waals surface area contributed by atoms with Crippen LogP contribution in [-0.4, -0.2) is 38.4 Å². The largest absolute Gasteiger partial charge is 0.466 e. The lowest BCUT2D eigenvalue weighted by atomic mass is 9.71. The van der Waals surface area contributed by atoms with Gasteiger partial charge in [-0.05, 0) is 18.1 Å². The van der Waals surface area contributed by atoms with E-state index in [1.165, 1.54) is 18.2 Å². The molecule has 3 aromatic rings. The van der Waals surface area contributed by atoms with Crippen LogP contribution in [0.3, 0.4) is 0 Å². The molecule has 0 unspecified atom stereocenters. The minimum absolute atomic E-state index is 0.482. The van der Waals surface area contributed by atoms with Crippen molar-refractivity contribution >= 4 is 11.9 Å². The lowest BCUT2D eigenvalue weighted by Crippen LogP contribution is -2.55. The second-order valence-corrected chi connectivity index (χ2v) is 7.99. The van der Waals surface area contributed by atoms with Crippen molar-refractivity contribution in [3.8, 4) is 0 Å². The summed E-state index contributed by atoms with van der Waals surface area (Å²) in [7, 11) is 1.84. The lowest BCUT2D eigenvalue weighted by Gasteiger charge is -2.39. The summed E-state index contributed by atoms with van der Waals surface area (Å²) in [5.41, 5.74) is -4.28. The van der Waals surface area contributed by atoms with E-state index in [1.807, 2.05) is 0 Å². The normalized spacial score (nSPS) is 14.5. The van der Waals surface area contributed by atoms with Crippen LogP contribution in [0.5, 0.6) is 0 Å². The summed E-state index contributed by atoms with van der Waals surface area (Å²) in [6.07, 6.45) is -6.97. The fraction of sp³-hybridized carbons (Fsp3) is 0.259. The quantitative estimate of drug-likeness (QED) is 0.411. The molecule has 0 fully saturated rings. The van der Waals surface area contributed by atoms with Gasteiger partial charge in [-0.25, -0.2) is 9.59 Å². The molecule has 8 heteroatoms. The maximum atomic E-state index is 14.4. The predicted molar refractivity (Wildman–Crippen MR) is 122 cm³/mol. The average molecular weight is 486 g/mol. The van der Waals surface area contributed by atoms with Crippen LogP contribution in [0, 0.1) is 0 Å². The molecule has 0 bridgehead atoms. The van der Waals surface area contributed by atoms with Gasteiger partial charge in [-0.15, -0.1) is 0 Å². The Morgan fingerprint density at radius 3 is 1.46 bits per heavy atom. The highest BCUT2D eigenvalue weighted by atomic mass is 19.4.